The van der Waals surface area contributed by atoms with Crippen molar-refractivity contribution in [3.8, 4) is 0 Å². The van der Waals surface area contributed by atoms with Crippen LogP contribution in [-0.2, 0) is 4.79 Å². The van der Waals surface area contributed by atoms with Crippen LogP contribution in [0.3, 0.4) is 0 Å². The van der Waals surface area contributed by atoms with Crippen LogP contribution >= 0.6 is 21.6 Å². The molecule has 1 aliphatic heterocycles. The number of carbonyl (C=O) groups excluding carboxylic acids is 1. The molecule has 4 heteroatoms. The first kappa shape index (κ1) is 13.2. The van der Waals surface area contributed by atoms with E-state index in [-0.39, 0.29) is 5.91 Å². The summed E-state index contributed by atoms with van der Waals surface area (Å²) in [6, 6.07) is 0. The maximum atomic E-state index is 11.3. The lowest BCUT2D eigenvalue weighted by molar-refractivity contribution is -0.121. The van der Waals surface area contributed by atoms with Crippen LogP contribution in [0, 0.1) is 0 Å². The topological polar surface area (TPSA) is 29.1 Å². The first-order chi connectivity index (χ1) is 7.33. The van der Waals surface area contributed by atoms with Crippen molar-refractivity contribution in [1.82, 2.24) is 5.32 Å². The second-order valence-corrected chi connectivity index (χ2v) is 6.71. The maximum Gasteiger partial charge on any atom is 0.219 e. The van der Waals surface area contributed by atoms with Gasteiger partial charge in [0.15, 0.2) is 0 Å². The Balaban J connectivity index is 1.89. The molecular weight excluding hydrogens is 226 g/mol. The summed E-state index contributed by atoms with van der Waals surface area (Å²) in [5.41, 5.74) is 0. The van der Waals surface area contributed by atoms with Crippen LogP contribution in [0.5, 0.6) is 0 Å². The van der Waals surface area contributed by atoms with E-state index in [0.717, 1.165) is 24.6 Å². The molecule has 0 spiro atoms. The molecule has 0 bridgehead atoms. The van der Waals surface area contributed by atoms with E-state index >= 15 is 0 Å². The van der Waals surface area contributed by atoms with Crippen molar-refractivity contribution >= 4 is 27.5 Å². The molecule has 15 heavy (non-hydrogen) atoms. The summed E-state index contributed by atoms with van der Waals surface area (Å²) in [6.45, 7) is 2.91. The number of hydrogen-bond donors (Lipinski definition) is 1. The predicted octanol–water partition coefficient (Wildman–Crippen LogP) is 3.23. The van der Waals surface area contributed by atoms with Crippen molar-refractivity contribution in [2.45, 2.75) is 50.7 Å². The molecule has 0 aromatic rings. The molecule has 1 amide bonds. The molecule has 0 radical (unpaired) electrons. The van der Waals surface area contributed by atoms with Gasteiger partial charge in [-0.2, -0.15) is 0 Å². The zero-order chi connectivity index (χ0) is 10.9. The molecule has 0 aromatic heterocycles. The fourth-order valence-electron chi connectivity index (χ4n) is 1.57. The van der Waals surface area contributed by atoms with E-state index in [1.165, 1.54) is 25.0 Å². The van der Waals surface area contributed by atoms with E-state index in [2.05, 4.69) is 12.2 Å². The Kier molecular flexibility index (Phi) is 7.36. The van der Waals surface area contributed by atoms with E-state index in [4.69, 9.17) is 0 Å². The van der Waals surface area contributed by atoms with Gasteiger partial charge in [-0.15, -0.1) is 0 Å². The van der Waals surface area contributed by atoms with Gasteiger partial charge in [0.05, 0.1) is 0 Å². The van der Waals surface area contributed by atoms with Gasteiger partial charge >= 0.3 is 0 Å². The monoisotopic (exact) mass is 247 g/mol. The highest BCUT2D eigenvalue weighted by Crippen LogP contribution is 2.39. The molecule has 88 valence electrons. The average molecular weight is 247 g/mol. The highest BCUT2D eigenvalue weighted by Gasteiger charge is 2.15. The Hall–Kier alpha value is 0.170. The highest BCUT2D eigenvalue weighted by molar-refractivity contribution is 8.77. The lowest BCUT2D eigenvalue weighted by atomic mass is 10.1. The zero-order valence-electron chi connectivity index (χ0n) is 9.46. The molecule has 1 rings (SSSR count). The molecule has 1 heterocycles. The molecule has 0 aliphatic carbocycles. The summed E-state index contributed by atoms with van der Waals surface area (Å²) >= 11 is 0. The molecule has 0 aromatic carbocycles. The van der Waals surface area contributed by atoms with Crippen LogP contribution in [0.1, 0.15) is 45.4 Å². The minimum absolute atomic E-state index is 0.227. The van der Waals surface area contributed by atoms with Gasteiger partial charge in [-0.3, -0.25) is 4.79 Å². The molecule has 0 saturated carbocycles. The Morgan fingerprint density at radius 2 is 2.33 bits per heavy atom. The van der Waals surface area contributed by atoms with Crippen LogP contribution < -0.4 is 5.32 Å². The quantitative estimate of drug-likeness (QED) is 0.553. The molecule has 1 fully saturated rings. The van der Waals surface area contributed by atoms with Crippen molar-refractivity contribution in [2.24, 2.45) is 0 Å². The lowest BCUT2D eigenvalue weighted by Crippen LogP contribution is -2.23. The van der Waals surface area contributed by atoms with E-state index in [1.54, 1.807) is 0 Å². The second kappa shape index (κ2) is 8.34. The van der Waals surface area contributed by atoms with Crippen molar-refractivity contribution in [1.29, 1.82) is 0 Å². The standard InChI is InChI=1S/C11H21NOS2/c1-2-8-12-11(13)6-4-3-5-10-7-9-14-15-10/h10H,2-9H2,1H3,(H,12,13)/t10-/m1/s1. The molecule has 2 nitrogen and oxygen atoms in total. The summed E-state index contributed by atoms with van der Waals surface area (Å²) < 4.78 is 0. The largest absolute Gasteiger partial charge is 0.356 e. The van der Waals surface area contributed by atoms with Gasteiger partial charge in [0.25, 0.3) is 0 Å². The van der Waals surface area contributed by atoms with Gasteiger partial charge < -0.3 is 5.32 Å². The van der Waals surface area contributed by atoms with Gasteiger partial charge in [-0.25, -0.2) is 0 Å². The van der Waals surface area contributed by atoms with Crippen LogP contribution in [0.2, 0.25) is 0 Å². The number of rotatable bonds is 7. The maximum absolute atomic E-state index is 11.3. The fourth-order valence-corrected chi connectivity index (χ4v) is 4.60. The normalized spacial score (nSPS) is 20.5. The second-order valence-electron chi connectivity index (χ2n) is 3.92. The van der Waals surface area contributed by atoms with E-state index < -0.39 is 0 Å². The first-order valence-corrected chi connectivity index (χ1v) is 8.26. The fraction of sp³-hybridized carbons (Fsp3) is 0.909. The first-order valence-electron chi connectivity index (χ1n) is 5.88. The number of carbonyl (C=O) groups is 1. The van der Waals surface area contributed by atoms with Crippen LogP contribution in [0.15, 0.2) is 0 Å². The third kappa shape index (κ3) is 6.36. The average Bonchev–Trinajstić information content (AvgIpc) is 2.74. The summed E-state index contributed by atoms with van der Waals surface area (Å²) in [5.74, 6) is 1.54. The van der Waals surface area contributed by atoms with Crippen LogP contribution in [0.4, 0.5) is 0 Å². The molecule has 1 saturated heterocycles. The number of unbranched alkanes of at least 4 members (excludes halogenated alkanes) is 1. The van der Waals surface area contributed by atoms with Crippen molar-refractivity contribution in [3.05, 3.63) is 0 Å². The van der Waals surface area contributed by atoms with Gasteiger partial charge in [0.1, 0.15) is 0 Å². The van der Waals surface area contributed by atoms with E-state index in [1.807, 2.05) is 21.6 Å². The van der Waals surface area contributed by atoms with Gasteiger partial charge in [-0.1, -0.05) is 34.9 Å². The number of nitrogens with one attached hydrogen (secondary N) is 1. The molecule has 1 aliphatic rings. The lowest BCUT2D eigenvalue weighted by Gasteiger charge is -2.06. The van der Waals surface area contributed by atoms with Crippen LogP contribution in [0.25, 0.3) is 0 Å². The minimum atomic E-state index is 0.227. The third-order valence-corrected chi connectivity index (χ3v) is 5.49. The zero-order valence-corrected chi connectivity index (χ0v) is 11.1. The molecular formula is C11H21NOS2. The number of amides is 1. The van der Waals surface area contributed by atoms with Crippen molar-refractivity contribution < 1.29 is 4.79 Å². The smallest absolute Gasteiger partial charge is 0.219 e. The predicted molar refractivity (Wildman–Crippen MR) is 70.2 cm³/mol. The van der Waals surface area contributed by atoms with E-state index in [0.29, 0.717) is 6.42 Å². The molecule has 1 atom stereocenters. The molecule has 0 unspecified atom stereocenters. The minimum Gasteiger partial charge on any atom is -0.356 e. The SMILES string of the molecule is CCCNC(=O)CCCC[C@@H]1CCSS1. The van der Waals surface area contributed by atoms with Gasteiger partial charge in [0, 0.05) is 24.0 Å². The van der Waals surface area contributed by atoms with Crippen molar-refractivity contribution in [2.75, 3.05) is 12.3 Å². The third-order valence-electron chi connectivity index (χ3n) is 2.48. The molecule has 1 N–H and O–H groups in total. The Morgan fingerprint density at radius 3 is 3.00 bits per heavy atom. The van der Waals surface area contributed by atoms with Gasteiger partial charge in [0.2, 0.25) is 5.91 Å². The summed E-state index contributed by atoms with van der Waals surface area (Å²) in [6.07, 6.45) is 6.65. The highest BCUT2D eigenvalue weighted by atomic mass is 33.1. The summed E-state index contributed by atoms with van der Waals surface area (Å²) in [7, 11) is 4.03. The summed E-state index contributed by atoms with van der Waals surface area (Å²) in [4.78, 5) is 11.3. The Bertz CT molecular complexity index is 181. The van der Waals surface area contributed by atoms with Crippen molar-refractivity contribution in [3.63, 3.8) is 0 Å². The summed E-state index contributed by atoms with van der Waals surface area (Å²) in [5, 5.41) is 3.77. The van der Waals surface area contributed by atoms with E-state index in [9.17, 15) is 4.79 Å². The number of hydrogen-bond acceptors (Lipinski definition) is 3. The van der Waals surface area contributed by atoms with Crippen LogP contribution in [-0.4, -0.2) is 23.5 Å². The Labute approximate surface area is 101 Å². The van der Waals surface area contributed by atoms with Gasteiger partial charge in [-0.05, 0) is 25.7 Å². The Morgan fingerprint density at radius 1 is 1.47 bits per heavy atom.